The molecule has 516 valence electrons. The standard InChI is InChI=1S/C33H19N3S.2C32H18N4S/c1-2-8-20(9-3-1)36-28-19-26-24(21-10-4-6-12-27(21)35-17-16-34-33(26)35)18-25(28)22-14-15-30-31(32(22)36)23-11-5-7-13-29(23)37-30;1-2-7-19(8-3-1)36-26-18-25-23(21-10-6-14-33-31(21)35-16-15-34-32(25)35)17-24(26)20-12-13-28-29(30(20)36)22-9-4-5-11-27(22)37-28;1-2-7-19(8-3-1)36-26-18-24-23(30-25(10-6-14-33-30)35-16-15-34-32(24)35)17-22(26)20-12-13-28-29(31(20)36)21-9-4-5-11-27(21)37-28/h1-19H;2*1-18H. The lowest BCUT2D eigenvalue weighted by molar-refractivity contribution is 1.19. The van der Waals surface area contributed by atoms with Gasteiger partial charge in [0.2, 0.25) is 0 Å². The largest absolute Gasteiger partial charge is 0.309 e. The lowest BCUT2D eigenvalue weighted by Gasteiger charge is -2.11. The zero-order valence-corrected chi connectivity index (χ0v) is 61.3. The highest BCUT2D eigenvalue weighted by Gasteiger charge is 2.26. The van der Waals surface area contributed by atoms with Gasteiger partial charge in [0.1, 0.15) is 22.6 Å². The molecule has 27 aromatic rings. The van der Waals surface area contributed by atoms with E-state index < -0.39 is 0 Å². The van der Waals surface area contributed by atoms with Crippen LogP contribution in [0.15, 0.2) is 335 Å². The van der Waals surface area contributed by atoms with Crippen molar-refractivity contribution in [1.82, 2.24) is 51.8 Å². The second kappa shape index (κ2) is 23.2. The number of imidazole rings is 3. The third kappa shape index (κ3) is 8.63. The molecule has 0 spiro atoms. The maximum absolute atomic E-state index is 4.82. The van der Waals surface area contributed by atoms with Gasteiger partial charge in [0.25, 0.3) is 0 Å². The van der Waals surface area contributed by atoms with E-state index in [4.69, 9.17) is 24.9 Å². The summed E-state index contributed by atoms with van der Waals surface area (Å²) in [5.41, 5.74) is 17.9. The number of pyridine rings is 5. The maximum Gasteiger partial charge on any atom is 0.146 e. The summed E-state index contributed by atoms with van der Waals surface area (Å²) in [5.74, 6) is 0. The van der Waals surface area contributed by atoms with Crippen molar-refractivity contribution in [2.75, 3.05) is 0 Å². The van der Waals surface area contributed by atoms with Crippen molar-refractivity contribution >= 4 is 242 Å². The molecule has 14 heteroatoms. The molecule has 14 heterocycles. The molecule has 0 radical (unpaired) electrons. The highest BCUT2D eigenvalue weighted by molar-refractivity contribution is 7.26. The number of fused-ring (bicyclic) bond motifs is 39. The molecule has 0 aliphatic heterocycles. The Morgan fingerprint density at radius 2 is 0.541 bits per heavy atom. The van der Waals surface area contributed by atoms with Crippen LogP contribution in [0.25, 0.3) is 225 Å². The molecule has 0 saturated heterocycles. The third-order valence-corrected chi connectivity index (χ3v) is 26.4. The molecule has 0 atom stereocenters. The van der Waals surface area contributed by atoms with Crippen LogP contribution in [-0.2, 0) is 0 Å². The Bertz CT molecular complexity index is 7870. The number of para-hydroxylation sites is 4. The van der Waals surface area contributed by atoms with E-state index in [2.05, 4.69) is 306 Å². The van der Waals surface area contributed by atoms with Gasteiger partial charge in [-0.15, -0.1) is 34.0 Å². The molecule has 0 N–H and O–H groups in total. The van der Waals surface area contributed by atoms with Crippen LogP contribution in [0.1, 0.15) is 0 Å². The molecular formula is C97H55N11S3. The van der Waals surface area contributed by atoms with Crippen molar-refractivity contribution in [3.63, 3.8) is 0 Å². The van der Waals surface area contributed by atoms with Gasteiger partial charge >= 0.3 is 0 Å². The molecule has 0 amide bonds. The molecule has 111 heavy (non-hydrogen) atoms. The molecule has 0 unspecified atom stereocenters. The summed E-state index contributed by atoms with van der Waals surface area (Å²) in [4.78, 5) is 23.9. The summed E-state index contributed by atoms with van der Waals surface area (Å²) in [6.45, 7) is 0. The average Bonchev–Trinajstić information content (AvgIpc) is 1.55. The number of hydrogen-bond acceptors (Lipinski definition) is 8. The zero-order chi connectivity index (χ0) is 72.3. The lowest BCUT2D eigenvalue weighted by Crippen LogP contribution is -1.95. The first kappa shape index (κ1) is 60.9. The predicted molar refractivity (Wildman–Crippen MR) is 468 cm³/mol. The van der Waals surface area contributed by atoms with Crippen LogP contribution >= 0.6 is 34.0 Å². The van der Waals surface area contributed by atoms with Gasteiger partial charge in [0.15, 0.2) is 0 Å². The highest BCUT2D eigenvalue weighted by Crippen LogP contribution is 2.49. The van der Waals surface area contributed by atoms with Gasteiger partial charge in [0, 0.05) is 192 Å². The van der Waals surface area contributed by atoms with Gasteiger partial charge in [-0.3, -0.25) is 18.2 Å². The Morgan fingerprint density at radius 3 is 1.03 bits per heavy atom. The first-order valence-corrected chi connectivity index (χ1v) is 39.6. The van der Waals surface area contributed by atoms with Gasteiger partial charge in [-0.1, -0.05) is 146 Å². The summed E-state index contributed by atoms with van der Waals surface area (Å²) >= 11 is 5.60. The Morgan fingerprint density at radius 1 is 0.198 bits per heavy atom. The number of hydrogen-bond donors (Lipinski definition) is 0. The van der Waals surface area contributed by atoms with Crippen LogP contribution in [0.4, 0.5) is 0 Å². The van der Waals surface area contributed by atoms with E-state index >= 15 is 0 Å². The molecule has 0 bridgehead atoms. The van der Waals surface area contributed by atoms with E-state index in [1.807, 2.05) is 89.5 Å². The van der Waals surface area contributed by atoms with Crippen molar-refractivity contribution in [3.05, 3.63) is 335 Å². The molecular weight excluding hydrogens is 1420 g/mol. The molecule has 13 aromatic carbocycles. The highest BCUT2D eigenvalue weighted by atomic mass is 32.1. The van der Waals surface area contributed by atoms with E-state index in [0.717, 1.165) is 66.5 Å². The van der Waals surface area contributed by atoms with E-state index in [-0.39, 0.29) is 0 Å². The minimum absolute atomic E-state index is 0.930. The number of benzene rings is 13. The summed E-state index contributed by atoms with van der Waals surface area (Å²) in [6, 6.07) is 103. The molecule has 14 aromatic heterocycles. The topological polar surface area (TPSA) is 92.5 Å². The maximum atomic E-state index is 4.82. The second-order valence-electron chi connectivity index (χ2n) is 28.7. The van der Waals surface area contributed by atoms with Crippen LogP contribution in [0.2, 0.25) is 0 Å². The van der Waals surface area contributed by atoms with E-state index in [1.54, 1.807) is 0 Å². The summed E-state index contributed by atoms with van der Waals surface area (Å²) in [5, 5.41) is 24.8. The van der Waals surface area contributed by atoms with Crippen LogP contribution in [0.5, 0.6) is 0 Å². The predicted octanol–water partition coefficient (Wildman–Crippen LogP) is 26.1. The fourth-order valence-electron chi connectivity index (χ4n) is 18.4. The summed E-state index contributed by atoms with van der Waals surface area (Å²) in [7, 11) is 0. The molecule has 27 rings (SSSR count). The molecule has 0 aliphatic carbocycles. The number of nitrogens with zero attached hydrogens (tertiary/aromatic N) is 11. The molecule has 0 saturated carbocycles. The number of aromatic nitrogens is 11. The van der Waals surface area contributed by atoms with Crippen LogP contribution < -0.4 is 0 Å². The van der Waals surface area contributed by atoms with E-state index in [0.29, 0.717) is 0 Å². The Kier molecular flexibility index (Phi) is 12.7. The van der Waals surface area contributed by atoms with Gasteiger partial charge in [-0.25, -0.2) is 19.9 Å². The van der Waals surface area contributed by atoms with Gasteiger partial charge in [-0.05, 0) is 150 Å². The lowest BCUT2D eigenvalue weighted by atomic mass is 10.0. The fraction of sp³-hybridized carbons (Fsp3) is 0. The smallest absolute Gasteiger partial charge is 0.146 e. The minimum Gasteiger partial charge on any atom is -0.309 e. The van der Waals surface area contributed by atoms with Crippen LogP contribution in [-0.4, -0.2) is 51.8 Å². The third-order valence-electron chi connectivity index (χ3n) is 23.0. The van der Waals surface area contributed by atoms with Crippen molar-refractivity contribution in [3.8, 4) is 17.1 Å². The average molecular weight is 1470 g/mol. The number of rotatable bonds is 3. The molecule has 0 aliphatic rings. The quantitative estimate of drug-likeness (QED) is 0.164. The molecule has 0 fully saturated rings. The van der Waals surface area contributed by atoms with Crippen LogP contribution in [0.3, 0.4) is 0 Å². The first-order chi connectivity index (χ1) is 55.1. The Labute approximate surface area is 641 Å². The Balaban J connectivity index is 0.0000000947. The van der Waals surface area contributed by atoms with Crippen molar-refractivity contribution in [1.29, 1.82) is 0 Å². The molecule has 11 nitrogen and oxygen atoms in total. The summed E-state index contributed by atoms with van der Waals surface area (Å²) < 4.78 is 21.7. The SMILES string of the molecule is c1ccc(-n2c3cc4c(cc3c3ccc5sc6ccccc6c5c32)c2ccccc2n2ccnc42)cc1.c1ccc(-n2c3cc4c(cc3c3ccc5sc6ccccc6c5c32)c2cccnc2n2ccnc42)cc1.c1ccc(-n2c3cc4c(cc3c3ccc5sc6ccccc6c5c32)c2ncccc2n2ccnc42)cc1. The van der Waals surface area contributed by atoms with Crippen molar-refractivity contribution < 1.29 is 0 Å². The normalized spacial score (nSPS) is 12.3. The second-order valence-corrected chi connectivity index (χ2v) is 31.9. The monoisotopic (exact) mass is 1470 g/mol. The Hall–Kier alpha value is -14.2. The number of thiophene rings is 3. The van der Waals surface area contributed by atoms with Crippen molar-refractivity contribution in [2.45, 2.75) is 0 Å². The van der Waals surface area contributed by atoms with Crippen LogP contribution in [0, 0.1) is 0 Å². The van der Waals surface area contributed by atoms with Gasteiger partial charge < -0.3 is 13.7 Å². The zero-order valence-electron chi connectivity index (χ0n) is 58.9. The van der Waals surface area contributed by atoms with Gasteiger partial charge in [0.05, 0.1) is 49.7 Å². The van der Waals surface area contributed by atoms with E-state index in [1.165, 1.54) is 159 Å². The van der Waals surface area contributed by atoms with E-state index in [9.17, 15) is 0 Å². The summed E-state index contributed by atoms with van der Waals surface area (Å²) in [6.07, 6.45) is 15.5. The van der Waals surface area contributed by atoms with Gasteiger partial charge in [-0.2, -0.15) is 0 Å². The first-order valence-electron chi connectivity index (χ1n) is 37.2. The minimum atomic E-state index is 0.930. The fourth-order valence-corrected chi connectivity index (χ4v) is 21.7. The van der Waals surface area contributed by atoms with Crippen molar-refractivity contribution in [2.24, 2.45) is 0 Å².